The molecule has 0 spiro atoms. The van der Waals surface area contributed by atoms with Crippen molar-refractivity contribution in [2.45, 2.75) is 45.6 Å². The van der Waals surface area contributed by atoms with Gasteiger partial charge in [-0.2, -0.15) is 4.39 Å². The lowest BCUT2D eigenvalue weighted by Crippen LogP contribution is -2.43. The minimum atomic E-state index is -1.11. The van der Waals surface area contributed by atoms with Gasteiger partial charge in [0.25, 0.3) is 5.56 Å². The molecule has 1 fully saturated rings. The minimum Gasteiger partial charge on any atom is -0.444 e. The summed E-state index contributed by atoms with van der Waals surface area (Å²) < 4.78 is 25.4. The molecule has 1 aromatic rings. The van der Waals surface area contributed by atoms with Crippen molar-refractivity contribution in [3.05, 3.63) is 32.9 Å². The molecule has 0 saturated carbocycles. The van der Waals surface area contributed by atoms with Crippen molar-refractivity contribution in [1.29, 1.82) is 0 Å². The summed E-state index contributed by atoms with van der Waals surface area (Å²) in [6, 6.07) is 0. The van der Waals surface area contributed by atoms with Crippen LogP contribution in [-0.4, -0.2) is 21.7 Å². The molecule has 1 aliphatic heterocycles. The Balaban J connectivity index is 2.29. The monoisotopic (exact) mass is 300 g/mol. The molecule has 0 radical (unpaired) electrons. The smallest absolute Gasteiger partial charge is 0.336 e. The van der Waals surface area contributed by atoms with Crippen LogP contribution in [0.1, 0.15) is 38.8 Å². The van der Waals surface area contributed by atoms with Crippen molar-refractivity contribution in [2.75, 3.05) is 6.61 Å². The van der Waals surface area contributed by atoms with Gasteiger partial charge in [0.05, 0.1) is 6.20 Å². The van der Waals surface area contributed by atoms with E-state index in [0.29, 0.717) is 24.0 Å². The number of rotatable bonds is 5. The van der Waals surface area contributed by atoms with Crippen LogP contribution in [0.5, 0.6) is 0 Å². The number of nitrogens with zero attached hydrogens (tertiary/aromatic N) is 2. The number of halogens is 1. The van der Waals surface area contributed by atoms with E-state index in [1.165, 1.54) is 0 Å². The van der Waals surface area contributed by atoms with E-state index >= 15 is 0 Å². The number of aromatic nitrogens is 2. The number of hydrogen-bond acceptors (Lipinski definition) is 5. The third-order valence-electron chi connectivity index (χ3n) is 3.18. The maximum atomic E-state index is 13.7. The Morgan fingerprint density at radius 2 is 2.29 bits per heavy atom. The molecular weight excluding hydrogens is 283 g/mol. The second-order valence-corrected chi connectivity index (χ2v) is 4.76. The fraction of sp³-hybridized carbons (Fsp3) is 0.615. The lowest BCUT2D eigenvalue weighted by atomic mass is 10.3. The molecule has 1 atom stereocenters. The van der Waals surface area contributed by atoms with Gasteiger partial charge in [0.2, 0.25) is 5.82 Å². The summed E-state index contributed by atoms with van der Waals surface area (Å²) in [5.41, 5.74) is -1.86. The Kier molecular flexibility index (Phi) is 4.89. The molecule has 21 heavy (non-hydrogen) atoms. The van der Waals surface area contributed by atoms with Crippen LogP contribution in [0.3, 0.4) is 0 Å². The van der Waals surface area contributed by atoms with Crippen LogP contribution in [0.25, 0.3) is 0 Å². The molecule has 2 heterocycles. The van der Waals surface area contributed by atoms with Gasteiger partial charge >= 0.3 is 11.7 Å². The molecule has 0 N–H and O–H groups in total. The van der Waals surface area contributed by atoms with Crippen molar-refractivity contribution >= 4 is 5.97 Å². The van der Waals surface area contributed by atoms with E-state index in [0.717, 1.165) is 17.2 Å². The molecule has 0 amide bonds. The second-order valence-electron chi connectivity index (χ2n) is 4.76. The van der Waals surface area contributed by atoms with Crippen molar-refractivity contribution < 1.29 is 18.7 Å². The van der Waals surface area contributed by atoms with Crippen molar-refractivity contribution in [3.63, 3.8) is 0 Å². The molecule has 0 bridgehead atoms. The van der Waals surface area contributed by atoms with E-state index < -0.39 is 36.0 Å². The van der Waals surface area contributed by atoms with Crippen LogP contribution in [0.15, 0.2) is 15.8 Å². The Morgan fingerprint density at radius 3 is 2.90 bits per heavy atom. The lowest BCUT2D eigenvalue weighted by Gasteiger charge is -2.15. The van der Waals surface area contributed by atoms with Gasteiger partial charge in [-0.05, 0) is 19.3 Å². The molecule has 1 unspecified atom stereocenters. The first-order valence-corrected chi connectivity index (χ1v) is 6.83. The second kappa shape index (κ2) is 6.66. The highest BCUT2D eigenvalue weighted by Crippen LogP contribution is 2.20. The summed E-state index contributed by atoms with van der Waals surface area (Å²) in [5, 5.41) is 0. The van der Waals surface area contributed by atoms with Crippen LogP contribution < -0.4 is 11.2 Å². The molecule has 1 saturated heterocycles. The molecule has 2 rings (SSSR count). The van der Waals surface area contributed by atoms with Gasteiger partial charge in [-0.25, -0.2) is 9.36 Å². The van der Waals surface area contributed by atoms with Gasteiger partial charge in [0.1, 0.15) is 6.23 Å². The maximum Gasteiger partial charge on any atom is 0.336 e. The standard InChI is InChI=1S/C13H17FN2O5/c1-2-4-11(17)21-8-16-12(18)9(14)7-15(13(16)19)10-5-3-6-20-10/h7,10H,2-6,8H2,1H3. The summed E-state index contributed by atoms with van der Waals surface area (Å²) in [5.74, 6) is -1.63. The van der Waals surface area contributed by atoms with E-state index in [2.05, 4.69) is 0 Å². The zero-order chi connectivity index (χ0) is 15.4. The van der Waals surface area contributed by atoms with E-state index in [4.69, 9.17) is 9.47 Å². The molecule has 7 nitrogen and oxygen atoms in total. The number of esters is 1. The first kappa shape index (κ1) is 15.4. The summed E-state index contributed by atoms with van der Waals surface area (Å²) in [7, 11) is 0. The van der Waals surface area contributed by atoms with Crippen LogP contribution in [0, 0.1) is 5.82 Å². The Labute approximate surface area is 119 Å². The normalized spacial score (nSPS) is 17.9. The van der Waals surface area contributed by atoms with E-state index in [1.807, 2.05) is 0 Å². The van der Waals surface area contributed by atoms with E-state index in [-0.39, 0.29) is 6.42 Å². The number of carbonyl (C=O) groups excluding carboxylic acids is 1. The SMILES string of the molecule is CCCC(=O)OCn1c(=O)c(F)cn(C2CCCO2)c1=O. The summed E-state index contributed by atoms with van der Waals surface area (Å²) in [4.78, 5) is 35.2. The van der Waals surface area contributed by atoms with Crippen molar-refractivity contribution in [3.8, 4) is 0 Å². The highest BCUT2D eigenvalue weighted by Gasteiger charge is 2.22. The summed E-state index contributed by atoms with van der Waals surface area (Å²) in [6.45, 7) is 1.67. The number of carbonyl (C=O) groups is 1. The van der Waals surface area contributed by atoms with Crippen molar-refractivity contribution in [2.24, 2.45) is 0 Å². The predicted molar refractivity (Wildman–Crippen MR) is 70.1 cm³/mol. The Morgan fingerprint density at radius 1 is 1.52 bits per heavy atom. The quantitative estimate of drug-likeness (QED) is 0.750. The van der Waals surface area contributed by atoms with E-state index in [1.54, 1.807) is 6.92 Å². The highest BCUT2D eigenvalue weighted by molar-refractivity contribution is 5.68. The van der Waals surface area contributed by atoms with Gasteiger partial charge in [0, 0.05) is 13.0 Å². The summed E-state index contributed by atoms with van der Waals surface area (Å²) in [6.07, 6.45) is 2.31. The van der Waals surface area contributed by atoms with Crippen LogP contribution >= 0.6 is 0 Å². The zero-order valence-corrected chi connectivity index (χ0v) is 11.7. The van der Waals surface area contributed by atoms with Crippen LogP contribution in [0.4, 0.5) is 4.39 Å². The lowest BCUT2D eigenvalue weighted by molar-refractivity contribution is -0.147. The third-order valence-corrected chi connectivity index (χ3v) is 3.18. The highest BCUT2D eigenvalue weighted by atomic mass is 19.1. The van der Waals surface area contributed by atoms with Crippen LogP contribution in [0.2, 0.25) is 0 Å². The number of hydrogen-bond donors (Lipinski definition) is 0. The average molecular weight is 300 g/mol. The minimum absolute atomic E-state index is 0.171. The fourth-order valence-corrected chi connectivity index (χ4v) is 2.10. The molecule has 1 aliphatic rings. The predicted octanol–water partition coefficient (Wildman–Crippen LogP) is 0.759. The van der Waals surface area contributed by atoms with Gasteiger partial charge in [0.15, 0.2) is 6.73 Å². The van der Waals surface area contributed by atoms with Crippen molar-refractivity contribution in [1.82, 2.24) is 9.13 Å². The topological polar surface area (TPSA) is 79.5 Å². The molecular formula is C13H17FN2O5. The number of ether oxygens (including phenoxy) is 2. The average Bonchev–Trinajstić information content (AvgIpc) is 2.97. The zero-order valence-electron chi connectivity index (χ0n) is 11.7. The molecule has 8 heteroatoms. The van der Waals surface area contributed by atoms with Gasteiger partial charge in [-0.3, -0.25) is 14.2 Å². The van der Waals surface area contributed by atoms with Gasteiger partial charge in [-0.15, -0.1) is 0 Å². The fourth-order valence-electron chi connectivity index (χ4n) is 2.10. The molecule has 116 valence electrons. The summed E-state index contributed by atoms with van der Waals surface area (Å²) >= 11 is 0. The van der Waals surface area contributed by atoms with Gasteiger partial charge < -0.3 is 9.47 Å². The molecule has 1 aromatic heterocycles. The van der Waals surface area contributed by atoms with E-state index in [9.17, 15) is 18.8 Å². The first-order valence-electron chi connectivity index (χ1n) is 6.83. The Hall–Kier alpha value is -1.96. The van der Waals surface area contributed by atoms with Gasteiger partial charge in [-0.1, -0.05) is 6.92 Å². The Bertz CT molecular complexity index is 630. The molecule has 0 aromatic carbocycles. The molecule has 0 aliphatic carbocycles. The van der Waals surface area contributed by atoms with Crippen LogP contribution in [-0.2, 0) is 21.0 Å². The maximum absolute atomic E-state index is 13.7. The first-order chi connectivity index (χ1) is 10.0. The largest absolute Gasteiger partial charge is 0.444 e. The third kappa shape index (κ3) is 3.38.